The van der Waals surface area contributed by atoms with E-state index < -0.39 is 10.0 Å². The lowest BCUT2D eigenvalue weighted by Crippen LogP contribution is -2.25. The Morgan fingerprint density at radius 1 is 1.00 bits per heavy atom. The van der Waals surface area contributed by atoms with Crippen molar-refractivity contribution in [2.45, 2.75) is 31.2 Å². The Hall–Kier alpha value is -2.18. The van der Waals surface area contributed by atoms with Crippen LogP contribution in [0, 0.1) is 0 Å². The topological polar surface area (TPSA) is 75.3 Å². The summed E-state index contributed by atoms with van der Waals surface area (Å²) in [6, 6.07) is 14.4. The number of rotatable bonds is 7. The third-order valence-corrected chi connectivity index (χ3v) is 5.27. The molecule has 0 radical (unpaired) electrons. The minimum atomic E-state index is -3.43. The smallest absolute Gasteiger partial charge is 0.240 e. The molecule has 0 unspecified atom stereocenters. The predicted molar refractivity (Wildman–Crippen MR) is 94.1 cm³/mol. The molecule has 6 heteroatoms. The van der Waals surface area contributed by atoms with E-state index in [1.54, 1.807) is 12.1 Å². The third kappa shape index (κ3) is 4.66. The Bertz CT molecular complexity index is 799. The molecule has 0 heterocycles. The number of hydrogen-bond donors (Lipinski definition) is 2. The SMILES string of the molecule is CCc1ccccc1CC(=O)NCc1ccc(S(=O)(=O)NC)cc1. The van der Waals surface area contributed by atoms with E-state index in [0.717, 1.165) is 17.5 Å². The van der Waals surface area contributed by atoms with Crippen LogP contribution in [0.5, 0.6) is 0 Å². The Kier molecular flexibility index (Phi) is 6.11. The zero-order valence-electron chi connectivity index (χ0n) is 13.9. The van der Waals surface area contributed by atoms with Gasteiger partial charge in [0.2, 0.25) is 15.9 Å². The van der Waals surface area contributed by atoms with Crippen LogP contribution in [0.2, 0.25) is 0 Å². The van der Waals surface area contributed by atoms with Gasteiger partial charge in [-0.3, -0.25) is 4.79 Å². The van der Waals surface area contributed by atoms with Crippen molar-refractivity contribution < 1.29 is 13.2 Å². The lowest BCUT2D eigenvalue weighted by molar-refractivity contribution is -0.120. The molecule has 0 fully saturated rings. The Labute approximate surface area is 143 Å². The zero-order chi connectivity index (χ0) is 17.6. The van der Waals surface area contributed by atoms with Crippen LogP contribution in [0.25, 0.3) is 0 Å². The molecule has 5 nitrogen and oxygen atoms in total. The summed E-state index contributed by atoms with van der Waals surface area (Å²) in [5.41, 5.74) is 3.06. The molecule has 0 bridgehead atoms. The molecule has 0 aliphatic rings. The van der Waals surface area contributed by atoms with Crippen LogP contribution < -0.4 is 10.0 Å². The Morgan fingerprint density at radius 2 is 1.62 bits per heavy atom. The summed E-state index contributed by atoms with van der Waals surface area (Å²) in [7, 11) is -2.06. The molecular weight excluding hydrogens is 324 g/mol. The number of benzene rings is 2. The minimum Gasteiger partial charge on any atom is -0.352 e. The number of carbonyl (C=O) groups is 1. The van der Waals surface area contributed by atoms with Crippen molar-refractivity contribution >= 4 is 15.9 Å². The summed E-state index contributed by atoms with van der Waals surface area (Å²) in [6.45, 7) is 2.44. The van der Waals surface area contributed by atoms with Crippen molar-refractivity contribution in [3.05, 3.63) is 65.2 Å². The van der Waals surface area contributed by atoms with Gasteiger partial charge in [0.1, 0.15) is 0 Å². The third-order valence-electron chi connectivity index (χ3n) is 3.84. The van der Waals surface area contributed by atoms with E-state index >= 15 is 0 Å². The highest BCUT2D eigenvalue weighted by atomic mass is 32.2. The van der Waals surface area contributed by atoms with E-state index in [4.69, 9.17) is 0 Å². The summed E-state index contributed by atoms with van der Waals surface area (Å²) in [5, 5.41) is 2.87. The quantitative estimate of drug-likeness (QED) is 0.805. The lowest BCUT2D eigenvalue weighted by Gasteiger charge is -2.09. The second-order valence-electron chi connectivity index (χ2n) is 5.43. The van der Waals surface area contributed by atoms with Gasteiger partial charge < -0.3 is 5.32 Å². The monoisotopic (exact) mass is 346 g/mol. The maximum Gasteiger partial charge on any atom is 0.240 e. The molecule has 2 N–H and O–H groups in total. The van der Waals surface area contributed by atoms with Gasteiger partial charge in [-0.2, -0.15) is 0 Å². The van der Waals surface area contributed by atoms with Crippen LogP contribution in [-0.2, 0) is 34.2 Å². The predicted octanol–water partition coefficient (Wildman–Crippen LogP) is 2.02. The average Bonchev–Trinajstić information content (AvgIpc) is 2.61. The number of aryl methyl sites for hydroxylation is 1. The molecule has 2 aromatic rings. The Balaban J connectivity index is 1.94. The van der Waals surface area contributed by atoms with Gasteiger partial charge in [-0.1, -0.05) is 43.3 Å². The fraction of sp³-hybridized carbons (Fsp3) is 0.278. The number of nitrogens with one attached hydrogen (secondary N) is 2. The van der Waals surface area contributed by atoms with Gasteiger partial charge in [-0.25, -0.2) is 13.1 Å². The summed E-state index contributed by atoms with van der Waals surface area (Å²) < 4.78 is 25.6. The second kappa shape index (κ2) is 8.08. The fourth-order valence-corrected chi connectivity index (χ4v) is 3.15. The molecule has 0 saturated carbocycles. The van der Waals surface area contributed by atoms with E-state index in [1.165, 1.54) is 24.7 Å². The van der Waals surface area contributed by atoms with Crippen molar-refractivity contribution in [1.29, 1.82) is 0 Å². The molecule has 0 spiro atoms. The zero-order valence-corrected chi connectivity index (χ0v) is 14.7. The maximum atomic E-state index is 12.1. The molecule has 2 rings (SSSR count). The molecule has 0 aliphatic heterocycles. The molecule has 0 saturated heterocycles. The van der Waals surface area contributed by atoms with E-state index in [-0.39, 0.29) is 10.8 Å². The van der Waals surface area contributed by atoms with Crippen molar-refractivity contribution in [3.63, 3.8) is 0 Å². The molecule has 0 aromatic heterocycles. The van der Waals surface area contributed by atoms with Crippen LogP contribution in [0.1, 0.15) is 23.6 Å². The summed E-state index contributed by atoms with van der Waals surface area (Å²) in [4.78, 5) is 12.3. The summed E-state index contributed by atoms with van der Waals surface area (Å²) in [6.07, 6.45) is 1.24. The van der Waals surface area contributed by atoms with Crippen LogP contribution >= 0.6 is 0 Å². The van der Waals surface area contributed by atoms with Crippen molar-refractivity contribution in [2.24, 2.45) is 0 Å². The molecule has 128 valence electrons. The highest BCUT2D eigenvalue weighted by molar-refractivity contribution is 7.89. The minimum absolute atomic E-state index is 0.0529. The highest BCUT2D eigenvalue weighted by Gasteiger charge is 2.11. The van der Waals surface area contributed by atoms with Crippen molar-refractivity contribution in [1.82, 2.24) is 10.0 Å². The fourth-order valence-electron chi connectivity index (χ4n) is 2.42. The average molecular weight is 346 g/mol. The van der Waals surface area contributed by atoms with Crippen molar-refractivity contribution in [3.8, 4) is 0 Å². The largest absolute Gasteiger partial charge is 0.352 e. The van der Waals surface area contributed by atoms with Gasteiger partial charge in [0.05, 0.1) is 11.3 Å². The van der Waals surface area contributed by atoms with Crippen LogP contribution in [0.15, 0.2) is 53.4 Å². The standard InChI is InChI=1S/C18H22N2O3S/c1-3-15-6-4-5-7-16(15)12-18(21)20-13-14-8-10-17(11-9-14)24(22,23)19-2/h4-11,19H,3,12-13H2,1-2H3,(H,20,21). The van der Waals surface area contributed by atoms with Crippen LogP contribution in [-0.4, -0.2) is 21.4 Å². The molecule has 0 aliphatic carbocycles. The molecule has 0 atom stereocenters. The molecule has 24 heavy (non-hydrogen) atoms. The number of amides is 1. The van der Waals surface area contributed by atoms with Gasteiger partial charge in [-0.15, -0.1) is 0 Å². The van der Waals surface area contributed by atoms with Gasteiger partial charge in [0, 0.05) is 6.54 Å². The van der Waals surface area contributed by atoms with Gasteiger partial charge in [0.25, 0.3) is 0 Å². The van der Waals surface area contributed by atoms with Gasteiger partial charge in [-0.05, 0) is 42.3 Å². The first kappa shape index (κ1) is 18.2. The molecular formula is C18H22N2O3S. The first-order valence-electron chi connectivity index (χ1n) is 7.82. The first-order valence-corrected chi connectivity index (χ1v) is 9.30. The Morgan fingerprint density at radius 3 is 2.21 bits per heavy atom. The maximum absolute atomic E-state index is 12.1. The number of sulfonamides is 1. The highest BCUT2D eigenvalue weighted by Crippen LogP contribution is 2.11. The molecule has 1 amide bonds. The van der Waals surface area contributed by atoms with Crippen LogP contribution in [0.3, 0.4) is 0 Å². The number of hydrogen-bond acceptors (Lipinski definition) is 3. The van der Waals surface area contributed by atoms with E-state index in [2.05, 4.69) is 17.0 Å². The van der Waals surface area contributed by atoms with Gasteiger partial charge >= 0.3 is 0 Å². The second-order valence-corrected chi connectivity index (χ2v) is 7.31. The van der Waals surface area contributed by atoms with Gasteiger partial charge in [0.15, 0.2) is 0 Å². The van der Waals surface area contributed by atoms with E-state index in [9.17, 15) is 13.2 Å². The number of carbonyl (C=O) groups excluding carboxylic acids is 1. The van der Waals surface area contributed by atoms with E-state index in [1.807, 2.05) is 24.3 Å². The summed E-state index contributed by atoms with van der Waals surface area (Å²) >= 11 is 0. The van der Waals surface area contributed by atoms with Crippen LogP contribution in [0.4, 0.5) is 0 Å². The normalized spacial score (nSPS) is 11.2. The molecule has 2 aromatic carbocycles. The summed E-state index contributed by atoms with van der Waals surface area (Å²) in [5.74, 6) is -0.0529. The van der Waals surface area contributed by atoms with E-state index in [0.29, 0.717) is 13.0 Å². The first-order chi connectivity index (χ1) is 11.5. The lowest BCUT2D eigenvalue weighted by atomic mass is 10.0. The van der Waals surface area contributed by atoms with Crippen molar-refractivity contribution in [2.75, 3.05) is 7.05 Å².